The van der Waals surface area contributed by atoms with E-state index in [4.69, 9.17) is 9.47 Å². The van der Waals surface area contributed by atoms with Gasteiger partial charge in [-0.3, -0.25) is 0 Å². The molecule has 1 aliphatic carbocycles. The van der Waals surface area contributed by atoms with Crippen LogP contribution in [0.15, 0.2) is 24.3 Å². The Morgan fingerprint density at radius 1 is 0.690 bits per heavy atom. The molecule has 2 heteroatoms. The summed E-state index contributed by atoms with van der Waals surface area (Å²) in [5.74, 6) is 1.75. The Labute approximate surface area is 179 Å². The Morgan fingerprint density at radius 2 is 1.38 bits per heavy atom. The van der Waals surface area contributed by atoms with E-state index in [1.54, 1.807) is 0 Å². The Bertz CT molecular complexity index is 536. The highest BCUT2D eigenvalue weighted by atomic mass is 16.6. The van der Waals surface area contributed by atoms with Crippen molar-refractivity contribution in [2.75, 3.05) is 13.2 Å². The summed E-state index contributed by atoms with van der Waals surface area (Å²) in [7, 11) is 0. The van der Waals surface area contributed by atoms with Crippen molar-refractivity contribution >= 4 is 0 Å². The van der Waals surface area contributed by atoms with E-state index in [0.29, 0.717) is 12.7 Å². The van der Waals surface area contributed by atoms with Gasteiger partial charge in [0.1, 0.15) is 6.10 Å². The molecule has 0 amide bonds. The average molecular weight is 401 g/mol. The van der Waals surface area contributed by atoms with Crippen molar-refractivity contribution in [2.24, 2.45) is 5.92 Å². The maximum absolute atomic E-state index is 6.17. The van der Waals surface area contributed by atoms with E-state index >= 15 is 0 Å². The van der Waals surface area contributed by atoms with Crippen molar-refractivity contribution in [2.45, 2.75) is 115 Å². The van der Waals surface area contributed by atoms with Crippen LogP contribution in [0.5, 0.6) is 0 Å². The van der Waals surface area contributed by atoms with Crippen molar-refractivity contribution in [1.82, 2.24) is 0 Å². The Hall–Kier alpha value is -0.860. The molecular weight excluding hydrogens is 356 g/mol. The maximum Gasteiger partial charge on any atom is 0.106 e. The van der Waals surface area contributed by atoms with Crippen LogP contribution in [0.25, 0.3) is 0 Å². The van der Waals surface area contributed by atoms with Crippen molar-refractivity contribution in [3.8, 4) is 0 Å². The minimum absolute atomic E-state index is 0.116. The van der Waals surface area contributed by atoms with Gasteiger partial charge in [0.25, 0.3) is 0 Å². The molecule has 0 aromatic heterocycles. The lowest BCUT2D eigenvalue weighted by molar-refractivity contribution is -0.137. The molecule has 1 aromatic carbocycles. The van der Waals surface area contributed by atoms with Gasteiger partial charge in [0.2, 0.25) is 0 Å². The highest BCUT2D eigenvalue weighted by Gasteiger charge is 2.25. The maximum atomic E-state index is 6.17. The summed E-state index contributed by atoms with van der Waals surface area (Å²) in [6.07, 6.45) is 18.0. The Kier molecular flexibility index (Phi) is 10.0. The molecule has 0 spiro atoms. The van der Waals surface area contributed by atoms with Crippen LogP contribution in [0.2, 0.25) is 0 Å². The molecule has 0 bridgehead atoms. The average Bonchev–Trinajstić information content (AvgIpc) is 2.78. The second-order valence-electron chi connectivity index (χ2n) is 9.51. The molecule has 2 fully saturated rings. The standard InChI is InChI=1S/C27H44O2/c1-3-5-7-8-9-11-26-20-29-27(21-28-26)25-18-16-24(17-19-25)23-14-12-22(13-15-23)10-6-4-2/h16-19,22-23,26-27H,3-15,20-21H2,1-2H3/t22-,23-,26-,27-/m0/s1. The summed E-state index contributed by atoms with van der Waals surface area (Å²) in [6.45, 7) is 6.04. The second kappa shape index (κ2) is 12.7. The van der Waals surface area contributed by atoms with Crippen LogP contribution in [-0.4, -0.2) is 19.3 Å². The molecular formula is C27H44O2. The largest absolute Gasteiger partial charge is 0.373 e. The minimum atomic E-state index is 0.116. The van der Waals surface area contributed by atoms with E-state index in [2.05, 4.69) is 38.1 Å². The molecule has 1 saturated heterocycles. The third-order valence-electron chi connectivity index (χ3n) is 7.19. The van der Waals surface area contributed by atoms with Gasteiger partial charge in [-0.05, 0) is 55.1 Å². The Morgan fingerprint density at radius 3 is 2.03 bits per heavy atom. The van der Waals surface area contributed by atoms with E-state index in [-0.39, 0.29) is 6.10 Å². The number of unbranched alkanes of at least 4 members (excludes halogenated alkanes) is 5. The summed E-state index contributed by atoms with van der Waals surface area (Å²) in [5.41, 5.74) is 2.82. The third-order valence-corrected chi connectivity index (χ3v) is 7.19. The first-order valence-corrected chi connectivity index (χ1v) is 12.6. The minimum Gasteiger partial charge on any atom is -0.373 e. The molecule has 2 aliphatic rings. The number of benzene rings is 1. The van der Waals surface area contributed by atoms with Crippen LogP contribution >= 0.6 is 0 Å². The van der Waals surface area contributed by atoms with Gasteiger partial charge < -0.3 is 9.47 Å². The summed E-state index contributed by atoms with van der Waals surface area (Å²) >= 11 is 0. The monoisotopic (exact) mass is 400 g/mol. The van der Waals surface area contributed by atoms with Crippen LogP contribution in [-0.2, 0) is 9.47 Å². The molecule has 2 nitrogen and oxygen atoms in total. The lowest BCUT2D eigenvalue weighted by Gasteiger charge is -2.31. The summed E-state index contributed by atoms with van der Waals surface area (Å²) in [5, 5.41) is 0. The van der Waals surface area contributed by atoms with Gasteiger partial charge in [0, 0.05) is 0 Å². The molecule has 29 heavy (non-hydrogen) atoms. The van der Waals surface area contributed by atoms with Crippen LogP contribution in [0.4, 0.5) is 0 Å². The lowest BCUT2D eigenvalue weighted by Crippen LogP contribution is -2.31. The summed E-state index contributed by atoms with van der Waals surface area (Å²) in [4.78, 5) is 0. The van der Waals surface area contributed by atoms with E-state index < -0.39 is 0 Å². The van der Waals surface area contributed by atoms with Gasteiger partial charge in [-0.1, -0.05) is 89.5 Å². The van der Waals surface area contributed by atoms with Gasteiger partial charge in [-0.2, -0.15) is 0 Å². The zero-order chi connectivity index (χ0) is 20.3. The van der Waals surface area contributed by atoms with E-state index in [1.165, 1.54) is 88.2 Å². The van der Waals surface area contributed by atoms with Crippen molar-refractivity contribution in [1.29, 1.82) is 0 Å². The number of ether oxygens (including phenoxy) is 2. The molecule has 0 radical (unpaired) electrons. The SMILES string of the molecule is CCCCCCC[C@H]1CO[C@H](c2ccc([C@H]3CC[C@H](CCCC)CC3)cc2)CO1. The fraction of sp³-hybridized carbons (Fsp3) is 0.778. The van der Waals surface area contributed by atoms with Gasteiger partial charge in [-0.15, -0.1) is 0 Å². The van der Waals surface area contributed by atoms with Gasteiger partial charge in [0.05, 0.1) is 19.3 Å². The van der Waals surface area contributed by atoms with E-state index in [1.807, 2.05) is 0 Å². The molecule has 2 atom stereocenters. The van der Waals surface area contributed by atoms with Gasteiger partial charge >= 0.3 is 0 Å². The predicted molar refractivity (Wildman–Crippen MR) is 122 cm³/mol. The summed E-state index contributed by atoms with van der Waals surface area (Å²) in [6, 6.07) is 9.29. The molecule has 1 heterocycles. The van der Waals surface area contributed by atoms with Gasteiger partial charge in [-0.25, -0.2) is 0 Å². The smallest absolute Gasteiger partial charge is 0.106 e. The van der Waals surface area contributed by atoms with Crippen LogP contribution in [0.3, 0.4) is 0 Å². The first-order chi connectivity index (χ1) is 14.3. The second-order valence-corrected chi connectivity index (χ2v) is 9.51. The first-order valence-electron chi connectivity index (χ1n) is 12.6. The number of hydrogen-bond donors (Lipinski definition) is 0. The third kappa shape index (κ3) is 7.40. The van der Waals surface area contributed by atoms with Gasteiger partial charge in [0.15, 0.2) is 0 Å². The lowest BCUT2D eigenvalue weighted by atomic mass is 9.77. The normalized spacial score (nSPS) is 27.8. The molecule has 0 unspecified atom stereocenters. The quantitative estimate of drug-likeness (QED) is 0.351. The Balaban J connectivity index is 1.38. The fourth-order valence-corrected chi connectivity index (χ4v) is 5.14. The summed E-state index contributed by atoms with van der Waals surface area (Å²) < 4.78 is 12.3. The van der Waals surface area contributed by atoms with E-state index in [0.717, 1.165) is 24.9 Å². The van der Waals surface area contributed by atoms with Crippen molar-refractivity contribution in [3.63, 3.8) is 0 Å². The van der Waals surface area contributed by atoms with Crippen molar-refractivity contribution in [3.05, 3.63) is 35.4 Å². The van der Waals surface area contributed by atoms with Crippen LogP contribution in [0.1, 0.15) is 120 Å². The van der Waals surface area contributed by atoms with Crippen molar-refractivity contribution < 1.29 is 9.47 Å². The zero-order valence-corrected chi connectivity index (χ0v) is 19.0. The molecule has 1 saturated carbocycles. The highest BCUT2D eigenvalue weighted by Crippen LogP contribution is 2.38. The molecule has 1 aromatic rings. The molecule has 164 valence electrons. The topological polar surface area (TPSA) is 18.5 Å². The number of rotatable bonds is 11. The first kappa shape index (κ1) is 22.8. The van der Waals surface area contributed by atoms with Crippen LogP contribution in [0, 0.1) is 5.92 Å². The molecule has 0 N–H and O–H groups in total. The number of hydrogen-bond acceptors (Lipinski definition) is 2. The zero-order valence-electron chi connectivity index (χ0n) is 19.0. The fourth-order valence-electron chi connectivity index (χ4n) is 5.14. The van der Waals surface area contributed by atoms with Crippen LogP contribution < -0.4 is 0 Å². The molecule has 3 rings (SSSR count). The predicted octanol–water partition coefficient (Wildman–Crippen LogP) is 7.97. The van der Waals surface area contributed by atoms with E-state index in [9.17, 15) is 0 Å². The molecule has 1 aliphatic heterocycles. The highest BCUT2D eigenvalue weighted by molar-refractivity contribution is 5.27.